The number of halogens is 1. The van der Waals surface area contributed by atoms with E-state index in [9.17, 15) is 4.79 Å². The van der Waals surface area contributed by atoms with Crippen molar-refractivity contribution in [2.75, 3.05) is 19.8 Å². The topological polar surface area (TPSA) is 96.6 Å². The van der Waals surface area contributed by atoms with Crippen molar-refractivity contribution in [3.63, 3.8) is 0 Å². The minimum atomic E-state index is -0.469. The molecular formula is C28H31BrN4O4S. The molecule has 1 amide bonds. The molecule has 2 heterocycles. The molecule has 0 spiro atoms. The van der Waals surface area contributed by atoms with Crippen molar-refractivity contribution in [2.45, 2.75) is 46.5 Å². The van der Waals surface area contributed by atoms with Gasteiger partial charge in [0.05, 0.1) is 16.7 Å². The van der Waals surface area contributed by atoms with E-state index in [2.05, 4.69) is 58.9 Å². The van der Waals surface area contributed by atoms with E-state index in [0.29, 0.717) is 52.9 Å². The van der Waals surface area contributed by atoms with E-state index >= 15 is 0 Å². The van der Waals surface area contributed by atoms with E-state index in [4.69, 9.17) is 19.6 Å². The monoisotopic (exact) mass is 598 g/mol. The second-order valence-corrected chi connectivity index (χ2v) is 11.5. The highest BCUT2D eigenvalue weighted by atomic mass is 79.9. The molecule has 2 aromatic rings. The molecule has 0 atom stereocenters. The van der Waals surface area contributed by atoms with E-state index in [0.717, 1.165) is 10.8 Å². The average molecular weight is 600 g/mol. The summed E-state index contributed by atoms with van der Waals surface area (Å²) >= 11 is 4.89. The largest absolute Gasteiger partial charge is 0.490 e. The number of carbonyl (C=O) groups excluding carboxylic acids is 1. The van der Waals surface area contributed by atoms with E-state index < -0.39 is 5.91 Å². The van der Waals surface area contributed by atoms with Crippen LogP contribution < -0.4 is 14.2 Å². The summed E-state index contributed by atoms with van der Waals surface area (Å²) < 4.78 is 18.4. The van der Waals surface area contributed by atoms with Gasteiger partial charge in [-0.25, -0.2) is 0 Å². The number of ether oxygens (including phenoxy) is 3. The average Bonchev–Trinajstić information content (AvgIpc) is 3.29. The Hall–Kier alpha value is -3.11. The summed E-state index contributed by atoms with van der Waals surface area (Å²) in [5, 5.41) is 15.6. The number of nitrogens with one attached hydrogen (secondary N) is 1. The Labute approximate surface area is 235 Å². The first-order valence-electron chi connectivity index (χ1n) is 12.4. The van der Waals surface area contributed by atoms with Gasteiger partial charge in [-0.15, -0.1) is 0 Å². The van der Waals surface area contributed by atoms with Gasteiger partial charge in [-0.2, -0.15) is 15.1 Å². The van der Waals surface area contributed by atoms with Gasteiger partial charge in [-0.3, -0.25) is 10.2 Å². The lowest BCUT2D eigenvalue weighted by molar-refractivity contribution is -0.114. The lowest BCUT2D eigenvalue weighted by Crippen LogP contribution is -2.35. The summed E-state index contributed by atoms with van der Waals surface area (Å²) in [5.74, 6) is 1.37. The van der Waals surface area contributed by atoms with Crippen LogP contribution in [0.25, 0.3) is 6.08 Å². The number of amides is 1. The molecule has 200 valence electrons. The first-order valence-corrected chi connectivity index (χ1v) is 14.0. The highest BCUT2D eigenvalue weighted by Crippen LogP contribution is 2.38. The maximum absolute atomic E-state index is 12.7. The van der Waals surface area contributed by atoms with Crippen LogP contribution in [0.2, 0.25) is 0 Å². The number of thioether (sulfide) groups is 1. The van der Waals surface area contributed by atoms with Crippen molar-refractivity contribution in [1.82, 2.24) is 5.01 Å². The number of hydrazone groups is 1. The van der Waals surface area contributed by atoms with Gasteiger partial charge in [-0.1, -0.05) is 39.8 Å². The Morgan fingerprint density at radius 2 is 1.79 bits per heavy atom. The zero-order valence-corrected chi connectivity index (χ0v) is 24.5. The van der Waals surface area contributed by atoms with Crippen LogP contribution >= 0.6 is 27.7 Å². The fourth-order valence-electron chi connectivity index (χ4n) is 3.77. The molecule has 0 saturated heterocycles. The fraction of sp³-hybridized carbons (Fsp3) is 0.357. The Morgan fingerprint density at radius 1 is 1.08 bits per heavy atom. The first-order chi connectivity index (χ1) is 18.1. The molecule has 1 N–H and O–H groups in total. The maximum Gasteiger partial charge on any atom is 0.283 e. The normalized spacial score (nSPS) is 16.4. The van der Waals surface area contributed by atoms with Crippen LogP contribution in [0.4, 0.5) is 0 Å². The van der Waals surface area contributed by atoms with Gasteiger partial charge < -0.3 is 14.2 Å². The number of rotatable bonds is 9. The second-order valence-electron chi connectivity index (χ2n) is 9.60. The Bertz CT molecular complexity index is 1330. The maximum atomic E-state index is 12.7. The van der Waals surface area contributed by atoms with Crippen LogP contribution in [0.3, 0.4) is 0 Å². The van der Waals surface area contributed by atoms with Crippen molar-refractivity contribution in [3.8, 4) is 17.2 Å². The van der Waals surface area contributed by atoms with Crippen molar-refractivity contribution in [2.24, 2.45) is 10.1 Å². The van der Waals surface area contributed by atoms with Crippen LogP contribution in [-0.4, -0.2) is 46.8 Å². The number of amidine groups is 2. The Morgan fingerprint density at radius 3 is 2.45 bits per heavy atom. The molecule has 0 radical (unpaired) electrons. The summed E-state index contributed by atoms with van der Waals surface area (Å²) in [5.41, 5.74) is 2.16. The first kappa shape index (κ1) is 27.9. The predicted molar refractivity (Wildman–Crippen MR) is 157 cm³/mol. The fourth-order valence-corrected chi connectivity index (χ4v) is 5.17. The summed E-state index contributed by atoms with van der Waals surface area (Å²) in [6, 6.07) is 11.7. The van der Waals surface area contributed by atoms with Crippen molar-refractivity contribution >= 4 is 55.7 Å². The molecule has 0 saturated carbocycles. The quantitative estimate of drug-likeness (QED) is 0.257. The van der Waals surface area contributed by atoms with Crippen molar-refractivity contribution in [1.29, 1.82) is 5.41 Å². The summed E-state index contributed by atoms with van der Waals surface area (Å²) in [6.45, 7) is 11.5. The molecule has 2 aliphatic rings. The minimum absolute atomic E-state index is 0.00181. The number of carbonyl (C=O) groups is 1. The molecule has 0 bridgehead atoms. The molecule has 8 nitrogen and oxygen atoms in total. The molecule has 2 aromatic carbocycles. The standard InChI is InChI=1S/C28H31BrN4O4S/c1-6-23-32-33-25(30)20(26(34)31-27(33)38-23)14-17-15-21(29)24(22(16-17)35-7-2)37-13-12-36-19-10-8-18(9-11-19)28(3,4)5/h8-11,14-16,30H,6-7,12-13H2,1-5H3. The third-order valence-electron chi connectivity index (χ3n) is 5.76. The predicted octanol–water partition coefficient (Wildman–Crippen LogP) is 6.63. The van der Waals surface area contributed by atoms with Crippen molar-refractivity contribution < 1.29 is 19.0 Å². The van der Waals surface area contributed by atoms with Crippen LogP contribution in [0.5, 0.6) is 17.2 Å². The Kier molecular flexibility index (Phi) is 8.62. The number of fused-ring (bicyclic) bond motifs is 1. The zero-order chi connectivity index (χ0) is 27.4. The third-order valence-corrected chi connectivity index (χ3v) is 7.40. The van der Waals surface area contributed by atoms with E-state index in [1.165, 1.54) is 22.3 Å². The highest BCUT2D eigenvalue weighted by Gasteiger charge is 2.35. The molecule has 2 aliphatic heterocycles. The van der Waals surface area contributed by atoms with Gasteiger partial charge in [0.15, 0.2) is 17.3 Å². The van der Waals surface area contributed by atoms with Gasteiger partial charge in [0.1, 0.15) is 24.0 Å². The van der Waals surface area contributed by atoms with Gasteiger partial charge in [0, 0.05) is 0 Å². The number of benzene rings is 2. The summed E-state index contributed by atoms with van der Waals surface area (Å²) in [4.78, 5) is 16.8. The summed E-state index contributed by atoms with van der Waals surface area (Å²) in [6.07, 6.45) is 2.33. The molecule has 0 unspecified atom stereocenters. The molecule has 0 aromatic heterocycles. The number of hydrogen-bond acceptors (Lipinski definition) is 7. The van der Waals surface area contributed by atoms with Gasteiger partial charge >= 0.3 is 0 Å². The van der Waals surface area contributed by atoms with Crippen molar-refractivity contribution in [3.05, 3.63) is 57.6 Å². The SMILES string of the molecule is CCOc1cc(C=C2C(=N)N3N=C(CC)SC3=NC2=O)cc(Br)c1OCCOc1ccc(C(C)(C)C)cc1. The van der Waals surface area contributed by atoms with Crippen LogP contribution in [0.1, 0.15) is 52.2 Å². The molecule has 38 heavy (non-hydrogen) atoms. The second kappa shape index (κ2) is 11.7. The molecule has 10 heteroatoms. The van der Waals surface area contributed by atoms with Crippen LogP contribution in [0.15, 0.2) is 56.5 Å². The van der Waals surface area contributed by atoms with Gasteiger partial charge in [0.2, 0.25) is 5.17 Å². The molecular weight excluding hydrogens is 568 g/mol. The van der Waals surface area contributed by atoms with Gasteiger partial charge in [-0.05, 0) is 87.9 Å². The van der Waals surface area contributed by atoms with E-state index in [1.807, 2.05) is 32.0 Å². The van der Waals surface area contributed by atoms with E-state index in [-0.39, 0.29) is 16.8 Å². The molecule has 4 rings (SSSR count). The van der Waals surface area contributed by atoms with Crippen LogP contribution in [0, 0.1) is 5.41 Å². The molecule has 0 aliphatic carbocycles. The highest BCUT2D eigenvalue weighted by molar-refractivity contribution is 9.10. The molecule has 0 fully saturated rings. The number of aliphatic imine (C=N–C) groups is 1. The Balaban J connectivity index is 1.46. The van der Waals surface area contributed by atoms with Gasteiger partial charge in [0.25, 0.3) is 5.91 Å². The smallest absolute Gasteiger partial charge is 0.283 e. The zero-order valence-electron chi connectivity index (χ0n) is 22.1. The van der Waals surface area contributed by atoms with E-state index in [1.54, 1.807) is 12.1 Å². The number of nitrogens with zero attached hydrogens (tertiary/aromatic N) is 3. The number of hydrogen-bond donors (Lipinski definition) is 1. The summed E-state index contributed by atoms with van der Waals surface area (Å²) in [7, 11) is 0. The minimum Gasteiger partial charge on any atom is -0.490 e. The lowest BCUT2D eigenvalue weighted by Gasteiger charge is -2.20. The van der Waals surface area contributed by atoms with Crippen LogP contribution in [-0.2, 0) is 10.2 Å². The third kappa shape index (κ3) is 6.30. The lowest BCUT2D eigenvalue weighted by atomic mass is 9.87.